The lowest BCUT2D eigenvalue weighted by Gasteiger charge is -3.10. The van der Waals surface area contributed by atoms with Crippen molar-refractivity contribution < 1.29 is 9.59 Å². The minimum absolute atomic E-state index is 0.0817. The first-order chi connectivity index (χ1) is 15.4. The Morgan fingerprint density at radius 2 is 1.81 bits per heavy atom. The second-order valence-corrected chi connectivity index (χ2v) is 10.8. The number of hydrogen-bond donors (Lipinski definition) is 2. The number of urea groups is 1. The summed E-state index contributed by atoms with van der Waals surface area (Å²) >= 11 is 6.21. The van der Waals surface area contributed by atoms with E-state index in [9.17, 15) is 14.9 Å². The van der Waals surface area contributed by atoms with E-state index in [0.717, 1.165) is 5.56 Å². The quantitative estimate of drug-likeness (QED) is 0.746. The first kappa shape index (κ1) is 17.5. The van der Waals surface area contributed by atoms with E-state index in [4.69, 9.17) is 28.2 Å². The Morgan fingerprint density at radius 3 is 2.38 bits per heavy atom. The fourth-order valence-electron chi connectivity index (χ4n) is 9.61. The van der Waals surface area contributed by atoms with Crippen LogP contribution in [0, 0.1) is 57.7 Å². The Bertz CT molecular complexity index is 1300. The third-order valence-corrected chi connectivity index (χ3v) is 10.4. The Labute approximate surface area is 188 Å². The summed E-state index contributed by atoms with van der Waals surface area (Å²) in [5.74, 6) is 2.09. The molecule has 2 heterocycles. The van der Waals surface area contributed by atoms with Gasteiger partial charge in [0.1, 0.15) is 5.69 Å². The van der Waals surface area contributed by atoms with Crippen molar-refractivity contribution in [1.29, 1.82) is 5.26 Å². The maximum Gasteiger partial charge on any atom is 0.315 e. The number of hydrogen-bond acceptors (Lipinski definition) is 4. The summed E-state index contributed by atoms with van der Waals surface area (Å²) in [6, 6.07) is 9.02. The highest BCUT2D eigenvalue weighted by molar-refractivity contribution is 6.30. The van der Waals surface area contributed by atoms with Gasteiger partial charge in [-0.25, -0.2) is 4.79 Å². The highest BCUT2D eigenvalue weighted by Crippen LogP contribution is 3.11. The van der Waals surface area contributed by atoms with Crippen molar-refractivity contribution in [2.45, 2.75) is 12.6 Å². The predicted molar refractivity (Wildman–Crippen MR) is 112 cm³/mol. The Balaban J connectivity index is 1.32. The van der Waals surface area contributed by atoms with Crippen molar-refractivity contribution in [2.75, 3.05) is 6.54 Å². The van der Waals surface area contributed by atoms with Crippen LogP contribution in [0.3, 0.4) is 0 Å². The standard InChI is InChI=1S/C23H19ClN6O2/c24-9-3-1-2-8(6-9)17-10(20(26)31)18-19(29(21(27)32)4-5-30(18)28-17)23-14-11-15(23)13-16(23)12(14)22(11,13)7-25/h1-3,6,11-16,19H,4-5H2,(H2,26,31)(H2,27,32). The van der Waals surface area contributed by atoms with E-state index in [0.29, 0.717) is 70.6 Å². The molecule has 3 amide bonds. The second-order valence-electron chi connectivity index (χ2n) is 10.3. The molecule has 1 aliphatic heterocycles. The Hall–Kier alpha value is -3.05. The molecule has 1 unspecified atom stereocenters. The number of aromatic nitrogens is 2. The van der Waals surface area contributed by atoms with Crippen LogP contribution >= 0.6 is 11.6 Å². The van der Waals surface area contributed by atoms with Gasteiger partial charge in [0.15, 0.2) is 0 Å². The largest absolute Gasteiger partial charge is 0.365 e. The second kappa shape index (κ2) is 4.81. The minimum Gasteiger partial charge on any atom is -0.365 e. The van der Waals surface area contributed by atoms with Crippen molar-refractivity contribution in [3.63, 3.8) is 0 Å². The number of rotatable bonds is 3. The number of fused-ring (bicyclic) bond motifs is 1. The van der Waals surface area contributed by atoms with Gasteiger partial charge in [-0.05, 0) is 47.6 Å². The number of carbonyl (C=O) groups excluding carboxylic acids is 2. The molecule has 1 aromatic heterocycles. The molecular weight excluding hydrogens is 428 g/mol. The minimum atomic E-state index is -0.567. The number of nitriles is 1. The van der Waals surface area contributed by atoms with E-state index in [1.807, 2.05) is 16.8 Å². The number of primary amides is 2. The van der Waals surface area contributed by atoms with Crippen molar-refractivity contribution in [3.05, 3.63) is 40.5 Å². The van der Waals surface area contributed by atoms with Gasteiger partial charge in [-0.3, -0.25) is 9.48 Å². The molecule has 6 aliphatic carbocycles. The molecule has 8 nitrogen and oxygen atoms in total. The molecule has 6 saturated carbocycles. The summed E-state index contributed by atoms with van der Waals surface area (Å²) in [7, 11) is 0. The molecule has 9 heteroatoms. The van der Waals surface area contributed by atoms with E-state index >= 15 is 0 Å². The fraction of sp³-hybridized carbons (Fsp3) is 0.478. The summed E-state index contributed by atoms with van der Waals surface area (Å²) in [6.07, 6.45) is 0. The number of amides is 3. The molecule has 1 atom stereocenters. The first-order valence-corrected chi connectivity index (χ1v) is 11.4. The Kier molecular flexibility index (Phi) is 2.63. The normalized spacial score (nSPS) is 44.5. The van der Waals surface area contributed by atoms with Crippen LogP contribution in [-0.4, -0.2) is 33.2 Å². The van der Waals surface area contributed by atoms with Gasteiger partial charge in [-0.1, -0.05) is 23.7 Å². The van der Waals surface area contributed by atoms with Gasteiger partial charge >= 0.3 is 6.03 Å². The number of nitrogens with two attached hydrogens (primary N) is 2. The summed E-state index contributed by atoms with van der Waals surface area (Å²) in [6.45, 7) is 0.892. The molecule has 2 aromatic rings. The molecule has 160 valence electrons. The van der Waals surface area contributed by atoms with Crippen LogP contribution in [0.5, 0.6) is 0 Å². The lowest BCUT2D eigenvalue weighted by atomic mass is 8.92. The summed E-state index contributed by atoms with van der Waals surface area (Å²) in [5.41, 5.74) is 13.9. The average molecular weight is 447 g/mol. The molecule has 0 spiro atoms. The number of halogens is 1. The molecule has 0 bridgehead atoms. The van der Waals surface area contributed by atoms with Gasteiger partial charge in [-0.2, -0.15) is 10.4 Å². The van der Waals surface area contributed by atoms with Crippen molar-refractivity contribution in [3.8, 4) is 17.3 Å². The third-order valence-electron chi connectivity index (χ3n) is 10.1. The fourth-order valence-corrected chi connectivity index (χ4v) is 9.80. The van der Waals surface area contributed by atoms with Crippen molar-refractivity contribution in [2.24, 2.45) is 57.8 Å². The molecule has 6 fully saturated rings. The molecular formula is C23H19ClN6O2. The van der Waals surface area contributed by atoms with E-state index < -0.39 is 11.9 Å². The zero-order valence-corrected chi connectivity index (χ0v) is 17.7. The maximum absolute atomic E-state index is 12.8. The monoisotopic (exact) mass is 446 g/mol. The van der Waals surface area contributed by atoms with Gasteiger partial charge < -0.3 is 16.4 Å². The van der Waals surface area contributed by atoms with Gasteiger partial charge in [-0.15, -0.1) is 0 Å². The highest BCUT2D eigenvalue weighted by Gasteiger charge is 3.11. The molecule has 1 aromatic carbocycles. The van der Waals surface area contributed by atoms with Crippen LogP contribution in [0.1, 0.15) is 22.1 Å². The number of carbonyl (C=O) groups is 2. The molecule has 0 radical (unpaired) electrons. The zero-order valence-electron chi connectivity index (χ0n) is 16.9. The van der Waals surface area contributed by atoms with Gasteiger partial charge in [0, 0.05) is 22.5 Å². The summed E-state index contributed by atoms with van der Waals surface area (Å²) < 4.78 is 1.85. The van der Waals surface area contributed by atoms with Crippen LogP contribution < -0.4 is 11.5 Å². The molecule has 4 N–H and O–H groups in total. The van der Waals surface area contributed by atoms with Crippen LogP contribution in [0.15, 0.2) is 24.3 Å². The Morgan fingerprint density at radius 1 is 1.12 bits per heavy atom. The van der Waals surface area contributed by atoms with E-state index in [1.165, 1.54) is 0 Å². The average Bonchev–Trinajstić information content (AvgIpc) is 3.18. The summed E-state index contributed by atoms with van der Waals surface area (Å²) in [5, 5.41) is 15.1. The van der Waals surface area contributed by atoms with Gasteiger partial charge in [0.2, 0.25) is 0 Å². The molecule has 32 heavy (non-hydrogen) atoms. The zero-order chi connectivity index (χ0) is 21.9. The van der Waals surface area contributed by atoms with Crippen LogP contribution in [0.25, 0.3) is 11.3 Å². The number of nitrogens with zero attached hydrogens (tertiary/aromatic N) is 4. The van der Waals surface area contributed by atoms with Crippen molar-refractivity contribution >= 4 is 23.5 Å². The van der Waals surface area contributed by atoms with E-state index in [1.54, 1.807) is 17.0 Å². The molecule has 7 aliphatic rings. The van der Waals surface area contributed by atoms with Crippen LogP contribution in [0.4, 0.5) is 4.79 Å². The molecule has 0 saturated heterocycles. The first-order valence-electron chi connectivity index (χ1n) is 11.0. The smallest absolute Gasteiger partial charge is 0.315 e. The van der Waals surface area contributed by atoms with E-state index in [2.05, 4.69) is 6.07 Å². The van der Waals surface area contributed by atoms with Crippen LogP contribution in [-0.2, 0) is 6.54 Å². The maximum atomic E-state index is 12.8. The highest BCUT2D eigenvalue weighted by atomic mass is 35.5. The predicted octanol–water partition coefficient (Wildman–Crippen LogP) is 2.00. The summed E-state index contributed by atoms with van der Waals surface area (Å²) in [4.78, 5) is 27.1. The van der Waals surface area contributed by atoms with Crippen molar-refractivity contribution in [1.82, 2.24) is 14.7 Å². The molecule has 9 rings (SSSR count). The van der Waals surface area contributed by atoms with Gasteiger partial charge in [0.05, 0.1) is 35.3 Å². The lowest BCUT2D eigenvalue weighted by Crippen LogP contribution is -3.10. The van der Waals surface area contributed by atoms with E-state index in [-0.39, 0.29) is 16.9 Å². The SMILES string of the molecule is N#CC12C3C4C1C1C2C3C41C1c2c(C(N)=O)c(-c3cccc(Cl)c3)nn2CCN1C(N)=O. The number of benzene rings is 1. The van der Waals surface area contributed by atoms with Crippen LogP contribution in [0.2, 0.25) is 5.02 Å². The third kappa shape index (κ3) is 1.33. The topological polar surface area (TPSA) is 131 Å². The van der Waals surface area contributed by atoms with Gasteiger partial charge in [0.25, 0.3) is 5.91 Å². The lowest BCUT2D eigenvalue weighted by molar-refractivity contribution is -0.650.